The van der Waals surface area contributed by atoms with E-state index in [0.717, 1.165) is 0 Å². The number of nitrogens with zero attached hydrogens (tertiary/aromatic N) is 1. The molecule has 2 rings (SSSR count). The summed E-state index contributed by atoms with van der Waals surface area (Å²) in [4.78, 5) is 22.4. The van der Waals surface area contributed by atoms with Crippen LogP contribution in [0.2, 0.25) is 0 Å². The molecule has 0 aliphatic rings. The summed E-state index contributed by atoms with van der Waals surface area (Å²) in [6.07, 6.45) is 0.655. The number of carbonyl (C=O) groups is 2. The van der Waals surface area contributed by atoms with Crippen molar-refractivity contribution in [1.29, 1.82) is 0 Å². The summed E-state index contributed by atoms with van der Waals surface area (Å²) in [5.74, 6) is -1.07. The maximum Gasteiger partial charge on any atom is 0.418 e. The van der Waals surface area contributed by atoms with Crippen LogP contribution in [-0.2, 0) is 4.74 Å². The Bertz CT molecular complexity index is 570. The third-order valence-electron chi connectivity index (χ3n) is 2.31. The highest BCUT2D eigenvalue weighted by Crippen LogP contribution is 2.21. The summed E-state index contributed by atoms with van der Waals surface area (Å²) < 4.78 is 5.75. The molecule has 0 amide bonds. The fourth-order valence-electron chi connectivity index (χ4n) is 1.60. The molecule has 2 aromatic rings. The van der Waals surface area contributed by atoms with Gasteiger partial charge in [0.1, 0.15) is 0 Å². The van der Waals surface area contributed by atoms with Gasteiger partial charge in [0.25, 0.3) is 0 Å². The lowest BCUT2D eigenvalue weighted by atomic mass is 10.2. The molecule has 82 valence electrons. The van der Waals surface area contributed by atoms with Crippen LogP contribution in [0, 0.1) is 0 Å². The molecule has 0 bridgehead atoms. The molecule has 0 saturated carbocycles. The van der Waals surface area contributed by atoms with Crippen LogP contribution in [0.5, 0.6) is 0 Å². The van der Waals surface area contributed by atoms with Gasteiger partial charge in [0.05, 0.1) is 18.2 Å². The average molecular weight is 219 g/mol. The number of hydrogen-bond donors (Lipinski definition) is 1. The van der Waals surface area contributed by atoms with Crippen LogP contribution in [0.4, 0.5) is 4.79 Å². The second-order valence-electron chi connectivity index (χ2n) is 3.21. The average Bonchev–Trinajstić information content (AvgIpc) is 2.67. The smallest absolute Gasteiger partial charge is 0.418 e. The topological polar surface area (TPSA) is 68.5 Å². The first-order valence-corrected chi connectivity index (χ1v) is 4.57. The summed E-state index contributed by atoms with van der Waals surface area (Å²) in [5.41, 5.74) is 0.604. The van der Waals surface area contributed by atoms with Gasteiger partial charge < -0.3 is 9.84 Å². The molecule has 16 heavy (non-hydrogen) atoms. The zero-order chi connectivity index (χ0) is 11.7. The maximum atomic E-state index is 11.4. The van der Waals surface area contributed by atoms with Crippen molar-refractivity contribution < 1.29 is 19.4 Å². The monoisotopic (exact) mass is 219 g/mol. The van der Waals surface area contributed by atoms with E-state index < -0.39 is 12.1 Å². The van der Waals surface area contributed by atoms with Gasteiger partial charge in [0.15, 0.2) is 0 Å². The van der Waals surface area contributed by atoms with Gasteiger partial charge in [-0.15, -0.1) is 0 Å². The van der Waals surface area contributed by atoms with Gasteiger partial charge in [-0.25, -0.2) is 9.59 Å². The predicted octanol–water partition coefficient (Wildman–Crippen LogP) is 1.95. The number of benzene rings is 1. The third kappa shape index (κ3) is 1.42. The third-order valence-corrected chi connectivity index (χ3v) is 2.31. The van der Waals surface area contributed by atoms with Crippen LogP contribution >= 0.6 is 0 Å². The fourth-order valence-corrected chi connectivity index (χ4v) is 1.60. The number of carboxylic acid groups (broad SMARTS) is 1. The standard InChI is InChI=1S/C11H9NO4/c1-16-11(15)12-6-8(10(13)14)7-4-2-3-5-9(7)12/h2-6H,1H3,(H,13,14). The lowest BCUT2D eigenvalue weighted by Gasteiger charge is -2.00. The number of carboxylic acids is 1. The number of ether oxygens (including phenoxy) is 1. The van der Waals surface area contributed by atoms with Crippen molar-refractivity contribution in [3.8, 4) is 0 Å². The Morgan fingerprint density at radius 1 is 1.31 bits per heavy atom. The molecular formula is C11H9NO4. The van der Waals surface area contributed by atoms with E-state index in [1.165, 1.54) is 17.9 Å². The van der Waals surface area contributed by atoms with Crippen LogP contribution in [0.3, 0.4) is 0 Å². The van der Waals surface area contributed by atoms with Crippen molar-refractivity contribution in [2.24, 2.45) is 0 Å². The summed E-state index contributed by atoms with van der Waals surface area (Å²) in [6.45, 7) is 0. The Morgan fingerprint density at radius 2 is 2.00 bits per heavy atom. The lowest BCUT2D eigenvalue weighted by molar-refractivity contribution is 0.0699. The van der Waals surface area contributed by atoms with Gasteiger partial charge in [0.2, 0.25) is 0 Å². The van der Waals surface area contributed by atoms with E-state index in [0.29, 0.717) is 10.9 Å². The first-order valence-electron chi connectivity index (χ1n) is 4.57. The molecule has 5 nitrogen and oxygen atoms in total. The zero-order valence-electron chi connectivity index (χ0n) is 8.51. The van der Waals surface area contributed by atoms with E-state index in [1.807, 2.05) is 0 Å². The van der Waals surface area contributed by atoms with E-state index in [2.05, 4.69) is 4.74 Å². The van der Waals surface area contributed by atoms with E-state index in [1.54, 1.807) is 24.3 Å². The van der Waals surface area contributed by atoms with Gasteiger partial charge >= 0.3 is 12.1 Å². The molecule has 1 aromatic carbocycles. The molecule has 0 spiro atoms. The number of para-hydroxylation sites is 1. The Morgan fingerprint density at radius 3 is 2.62 bits per heavy atom. The second kappa shape index (κ2) is 3.69. The Balaban J connectivity index is 2.76. The zero-order valence-corrected chi connectivity index (χ0v) is 8.51. The van der Waals surface area contributed by atoms with Gasteiger partial charge in [-0.05, 0) is 6.07 Å². The molecule has 1 N–H and O–H groups in total. The maximum absolute atomic E-state index is 11.4. The predicted molar refractivity (Wildman–Crippen MR) is 56.7 cm³/mol. The number of fused-ring (bicyclic) bond motifs is 1. The van der Waals surface area contributed by atoms with Gasteiger partial charge in [0, 0.05) is 11.6 Å². The summed E-state index contributed by atoms with van der Waals surface area (Å²) in [6, 6.07) is 6.76. The number of carbonyl (C=O) groups excluding carboxylic acids is 1. The molecule has 0 aliphatic carbocycles. The largest absolute Gasteiger partial charge is 0.478 e. The lowest BCUT2D eigenvalue weighted by Crippen LogP contribution is -2.09. The molecule has 1 heterocycles. The van der Waals surface area contributed by atoms with Crippen molar-refractivity contribution in [2.45, 2.75) is 0 Å². The molecule has 1 aromatic heterocycles. The van der Waals surface area contributed by atoms with Gasteiger partial charge in [-0.3, -0.25) is 4.57 Å². The molecule has 0 fully saturated rings. The van der Waals surface area contributed by atoms with Crippen molar-refractivity contribution in [1.82, 2.24) is 4.57 Å². The minimum Gasteiger partial charge on any atom is -0.478 e. The number of rotatable bonds is 1. The molecule has 0 atom stereocenters. The number of aromatic carboxylic acids is 1. The number of aromatic nitrogens is 1. The molecular weight excluding hydrogens is 210 g/mol. The summed E-state index contributed by atoms with van der Waals surface area (Å²) in [5, 5.41) is 9.50. The highest BCUT2D eigenvalue weighted by atomic mass is 16.5. The van der Waals surface area contributed by atoms with Crippen LogP contribution < -0.4 is 0 Å². The molecule has 0 radical (unpaired) electrons. The first kappa shape index (κ1) is 10.2. The fraction of sp³-hybridized carbons (Fsp3) is 0.0909. The number of methoxy groups -OCH3 is 1. The highest BCUT2D eigenvalue weighted by Gasteiger charge is 2.17. The van der Waals surface area contributed by atoms with Gasteiger partial charge in [-0.1, -0.05) is 18.2 Å². The van der Waals surface area contributed by atoms with Crippen LogP contribution in [0.1, 0.15) is 10.4 Å². The second-order valence-corrected chi connectivity index (χ2v) is 3.21. The molecule has 0 saturated heterocycles. The van der Waals surface area contributed by atoms with Crippen molar-refractivity contribution in [2.75, 3.05) is 7.11 Å². The summed E-state index contributed by atoms with van der Waals surface area (Å²) >= 11 is 0. The van der Waals surface area contributed by atoms with E-state index in [-0.39, 0.29) is 5.56 Å². The van der Waals surface area contributed by atoms with Crippen molar-refractivity contribution in [3.63, 3.8) is 0 Å². The van der Waals surface area contributed by atoms with Gasteiger partial charge in [-0.2, -0.15) is 0 Å². The highest BCUT2D eigenvalue weighted by molar-refractivity contribution is 6.05. The molecule has 0 unspecified atom stereocenters. The van der Waals surface area contributed by atoms with Crippen molar-refractivity contribution >= 4 is 23.0 Å². The minimum absolute atomic E-state index is 0.0843. The van der Waals surface area contributed by atoms with Crippen LogP contribution in [-0.4, -0.2) is 28.8 Å². The van der Waals surface area contributed by atoms with Crippen LogP contribution in [0.25, 0.3) is 10.9 Å². The van der Waals surface area contributed by atoms with E-state index >= 15 is 0 Å². The van der Waals surface area contributed by atoms with E-state index in [4.69, 9.17) is 5.11 Å². The minimum atomic E-state index is -1.07. The van der Waals surface area contributed by atoms with E-state index in [9.17, 15) is 9.59 Å². The summed E-state index contributed by atoms with van der Waals surface area (Å²) in [7, 11) is 1.25. The van der Waals surface area contributed by atoms with Crippen LogP contribution in [0.15, 0.2) is 30.5 Å². The van der Waals surface area contributed by atoms with Crippen molar-refractivity contribution in [3.05, 3.63) is 36.0 Å². The Labute approximate surface area is 90.9 Å². The molecule has 5 heteroatoms. The Kier molecular flexibility index (Phi) is 2.36. The number of hydrogen-bond acceptors (Lipinski definition) is 3. The normalized spacial score (nSPS) is 10.3. The molecule has 0 aliphatic heterocycles. The first-order chi connectivity index (χ1) is 7.65. The quantitative estimate of drug-likeness (QED) is 0.795. The SMILES string of the molecule is COC(=O)n1cc(C(=O)O)c2ccccc21. The Hall–Kier alpha value is -2.30.